The van der Waals surface area contributed by atoms with Gasteiger partial charge in [0.2, 0.25) is 0 Å². The van der Waals surface area contributed by atoms with Crippen LogP contribution >= 0.6 is 0 Å². The summed E-state index contributed by atoms with van der Waals surface area (Å²) in [7, 11) is 1.52. The lowest BCUT2D eigenvalue weighted by Gasteiger charge is -2.24. The molecule has 9 heteroatoms. The molecule has 2 heterocycles. The number of Topliss-reactive ketones (excluding diaryl/α,β-unsaturated/α-hetero) is 1. The number of nitrogens with zero attached hydrogens (tertiary/aromatic N) is 2. The molecule has 1 saturated heterocycles. The average Bonchev–Trinajstić information content (AvgIpc) is 3.44. The predicted octanol–water partition coefficient (Wildman–Crippen LogP) is 5.20. The van der Waals surface area contributed by atoms with E-state index in [1.165, 1.54) is 12.0 Å². The second-order valence-corrected chi connectivity index (χ2v) is 8.53. The van der Waals surface area contributed by atoms with E-state index in [0.717, 1.165) is 12.8 Å². The van der Waals surface area contributed by atoms with Gasteiger partial charge in [0.25, 0.3) is 5.78 Å². The molecule has 0 bridgehead atoms. The normalized spacial score (nSPS) is 16.8. The van der Waals surface area contributed by atoms with Gasteiger partial charge in [0, 0.05) is 11.6 Å². The highest BCUT2D eigenvalue weighted by Crippen LogP contribution is 2.44. The van der Waals surface area contributed by atoms with E-state index in [1.807, 2.05) is 6.92 Å². The molecule has 9 nitrogen and oxygen atoms in total. The van der Waals surface area contributed by atoms with Gasteiger partial charge in [0.1, 0.15) is 17.3 Å². The molecule has 1 amide bonds. The Morgan fingerprint density at radius 3 is 2.43 bits per heavy atom. The van der Waals surface area contributed by atoms with Gasteiger partial charge in [-0.2, -0.15) is 0 Å². The highest BCUT2D eigenvalue weighted by Gasteiger charge is 2.48. The van der Waals surface area contributed by atoms with Crippen LogP contribution in [-0.2, 0) is 9.59 Å². The minimum absolute atomic E-state index is 0.0727. The van der Waals surface area contributed by atoms with Crippen molar-refractivity contribution in [2.24, 2.45) is 0 Å². The molecule has 0 aliphatic carbocycles. The number of aliphatic hydroxyl groups is 1. The summed E-state index contributed by atoms with van der Waals surface area (Å²) in [5, 5.41) is 15.3. The first-order valence-electron chi connectivity index (χ1n) is 12.2. The molecule has 194 valence electrons. The highest BCUT2D eigenvalue weighted by atomic mass is 16.5. The third kappa shape index (κ3) is 5.16. The van der Waals surface area contributed by atoms with Crippen LogP contribution in [0, 0.1) is 6.92 Å². The first-order chi connectivity index (χ1) is 17.9. The number of methoxy groups -OCH3 is 1. The topological polar surface area (TPSA) is 111 Å². The van der Waals surface area contributed by atoms with Crippen LogP contribution in [0.5, 0.6) is 17.2 Å². The van der Waals surface area contributed by atoms with Crippen molar-refractivity contribution in [2.45, 2.75) is 39.7 Å². The Morgan fingerprint density at radius 1 is 1.05 bits per heavy atom. The van der Waals surface area contributed by atoms with E-state index in [4.69, 9.17) is 18.7 Å². The van der Waals surface area contributed by atoms with Crippen molar-refractivity contribution in [1.29, 1.82) is 0 Å². The van der Waals surface area contributed by atoms with Gasteiger partial charge in [0.15, 0.2) is 17.3 Å². The SMILES string of the molecule is CCCCOc1ccc(C2/C(=C(\O)c3ccc(OCC)cc3)C(=O)C(=O)N2c2cc(C)on2)cc1OC. The number of hydrogen-bond donors (Lipinski definition) is 1. The van der Waals surface area contributed by atoms with Gasteiger partial charge in [-0.3, -0.25) is 14.5 Å². The number of carbonyl (C=O) groups is 2. The van der Waals surface area contributed by atoms with Crippen molar-refractivity contribution >= 4 is 23.3 Å². The molecule has 1 aliphatic rings. The molecule has 1 aromatic heterocycles. The maximum absolute atomic E-state index is 13.3. The molecule has 0 saturated carbocycles. The summed E-state index contributed by atoms with van der Waals surface area (Å²) in [4.78, 5) is 27.8. The molecule has 37 heavy (non-hydrogen) atoms. The minimum Gasteiger partial charge on any atom is -0.507 e. The summed E-state index contributed by atoms with van der Waals surface area (Å²) in [5.74, 6) is 0.273. The van der Waals surface area contributed by atoms with Crippen molar-refractivity contribution < 1.29 is 33.4 Å². The monoisotopic (exact) mass is 506 g/mol. The quantitative estimate of drug-likeness (QED) is 0.173. The van der Waals surface area contributed by atoms with Crippen LogP contribution in [0.1, 0.15) is 49.6 Å². The van der Waals surface area contributed by atoms with Crippen LogP contribution in [0.15, 0.2) is 58.6 Å². The summed E-state index contributed by atoms with van der Waals surface area (Å²) in [6, 6.07) is 12.4. The number of ketones is 1. The molecule has 0 spiro atoms. The first-order valence-corrected chi connectivity index (χ1v) is 12.2. The fourth-order valence-electron chi connectivity index (χ4n) is 4.18. The lowest BCUT2D eigenvalue weighted by Crippen LogP contribution is -2.29. The van der Waals surface area contributed by atoms with E-state index in [1.54, 1.807) is 55.5 Å². The Kier molecular flexibility index (Phi) is 7.81. The third-order valence-electron chi connectivity index (χ3n) is 6.00. The second-order valence-electron chi connectivity index (χ2n) is 8.53. The summed E-state index contributed by atoms with van der Waals surface area (Å²) < 4.78 is 22.1. The fraction of sp³-hybridized carbons (Fsp3) is 0.321. The van der Waals surface area contributed by atoms with Crippen molar-refractivity contribution in [2.75, 3.05) is 25.2 Å². The van der Waals surface area contributed by atoms with Crippen molar-refractivity contribution in [3.8, 4) is 17.2 Å². The zero-order valence-corrected chi connectivity index (χ0v) is 21.3. The Morgan fingerprint density at radius 2 is 1.81 bits per heavy atom. The summed E-state index contributed by atoms with van der Waals surface area (Å²) in [6.07, 6.45) is 1.87. The summed E-state index contributed by atoms with van der Waals surface area (Å²) in [6.45, 7) is 6.65. The molecule has 0 radical (unpaired) electrons. The standard InChI is InChI=1S/C28H30N2O7/c1-5-7-14-36-21-13-10-19(16-22(21)34-4)25-24(26(31)18-8-11-20(12-9-18)35-6-2)27(32)28(33)30(25)23-15-17(3)37-29-23/h8-13,15-16,25,31H,5-7,14H2,1-4H3/b26-24+. The minimum atomic E-state index is -0.977. The van der Waals surface area contributed by atoms with Gasteiger partial charge < -0.3 is 23.8 Å². The van der Waals surface area contributed by atoms with Crippen molar-refractivity contribution in [3.05, 3.63) is 71.0 Å². The number of rotatable bonds is 10. The van der Waals surface area contributed by atoms with Crippen molar-refractivity contribution in [1.82, 2.24) is 5.16 Å². The van der Waals surface area contributed by atoms with Gasteiger partial charge >= 0.3 is 5.91 Å². The lowest BCUT2D eigenvalue weighted by atomic mass is 9.95. The number of aliphatic hydroxyl groups excluding tert-OH is 1. The molecular formula is C28H30N2O7. The van der Waals surface area contributed by atoms with Crippen LogP contribution in [0.4, 0.5) is 5.82 Å². The smallest absolute Gasteiger partial charge is 0.301 e. The van der Waals surface area contributed by atoms with Crippen LogP contribution < -0.4 is 19.1 Å². The predicted molar refractivity (Wildman–Crippen MR) is 137 cm³/mol. The number of ether oxygens (including phenoxy) is 3. The van der Waals surface area contributed by atoms with Crippen LogP contribution in [0.25, 0.3) is 5.76 Å². The summed E-state index contributed by atoms with van der Waals surface area (Å²) >= 11 is 0. The highest BCUT2D eigenvalue weighted by molar-refractivity contribution is 6.51. The molecule has 1 N–H and O–H groups in total. The first kappa shape index (κ1) is 25.8. The van der Waals surface area contributed by atoms with Gasteiger partial charge in [-0.25, -0.2) is 0 Å². The van der Waals surface area contributed by atoms with Crippen LogP contribution in [0.3, 0.4) is 0 Å². The van der Waals surface area contributed by atoms with Crippen LogP contribution in [0.2, 0.25) is 0 Å². The van der Waals surface area contributed by atoms with Gasteiger partial charge in [-0.05, 0) is 62.2 Å². The maximum Gasteiger partial charge on any atom is 0.301 e. The van der Waals surface area contributed by atoms with E-state index < -0.39 is 17.7 Å². The molecule has 1 unspecified atom stereocenters. The molecule has 4 rings (SSSR count). The van der Waals surface area contributed by atoms with Crippen LogP contribution in [-0.4, -0.2) is 42.3 Å². The van der Waals surface area contributed by atoms with Gasteiger partial charge in [0.05, 0.1) is 31.9 Å². The number of anilines is 1. The molecule has 2 aromatic carbocycles. The Balaban J connectivity index is 1.84. The number of unbranched alkanes of at least 4 members (excludes halogenated alkanes) is 1. The number of carbonyl (C=O) groups excluding carboxylic acids is 2. The van der Waals surface area contributed by atoms with E-state index in [9.17, 15) is 14.7 Å². The number of benzene rings is 2. The number of aryl methyl sites for hydroxylation is 1. The van der Waals surface area contributed by atoms with E-state index in [2.05, 4.69) is 12.1 Å². The second kappa shape index (κ2) is 11.2. The van der Waals surface area contributed by atoms with Gasteiger partial charge in [-0.1, -0.05) is 24.6 Å². The number of aromatic nitrogens is 1. The molecular weight excluding hydrogens is 476 g/mol. The van der Waals surface area contributed by atoms with Crippen molar-refractivity contribution in [3.63, 3.8) is 0 Å². The Hall–Kier alpha value is -4.27. The van der Waals surface area contributed by atoms with Gasteiger partial charge in [-0.15, -0.1) is 0 Å². The zero-order chi connectivity index (χ0) is 26.5. The summed E-state index contributed by atoms with van der Waals surface area (Å²) in [5.41, 5.74) is 0.831. The molecule has 1 atom stereocenters. The fourth-order valence-corrected chi connectivity index (χ4v) is 4.18. The third-order valence-corrected chi connectivity index (χ3v) is 6.00. The number of amides is 1. The van der Waals surface area contributed by atoms with E-state index in [0.29, 0.717) is 47.3 Å². The van der Waals surface area contributed by atoms with E-state index >= 15 is 0 Å². The Labute approximate surface area is 215 Å². The van der Waals surface area contributed by atoms with E-state index in [-0.39, 0.29) is 17.2 Å². The largest absolute Gasteiger partial charge is 0.507 e. The Bertz CT molecular complexity index is 1310. The lowest BCUT2D eigenvalue weighted by molar-refractivity contribution is -0.132. The molecule has 1 aliphatic heterocycles. The number of hydrogen-bond acceptors (Lipinski definition) is 8. The average molecular weight is 507 g/mol. The molecule has 3 aromatic rings. The molecule has 1 fully saturated rings. The zero-order valence-electron chi connectivity index (χ0n) is 21.3. The maximum atomic E-state index is 13.3.